The molecule has 0 spiro atoms. The van der Waals surface area contributed by atoms with Crippen molar-refractivity contribution >= 4 is 55.1 Å². The largest absolute Gasteiger partial charge is 0.465 e. The SMILES string of the molecule is CCOC(=O)CN(c1ccc2c(c1)c(C(=O)NCc1ccc(C(=N)N)cc1)cn2C)S(=O)(=O)c1nccc2ccccc12. The van der Waals surface area contributed by atoms with Crippen molar-refractivity contribution in [2.45, 2.75) is 18.5 Å². The number of amidine groups is 1. The molecule has 5 aromatic rings. The van der Waals surface area contributed by atoms with Crippen LogP contribution in [0.25, 0.3) is 21.7 Å². The van der Waals surface area contributed by atoms with Crippen molar-refractivity contribution < 1.29 is 22.7 Å². The maximum atomic E-state index is 14.1. The smallest absolute Gasteiger partial charge is 0.326 e. The van der Waals surface area contributed by atoms with E-state index >= 15 is 0 Å². The van der Waals surface area contributed by atoms with Gasteiger partial charge in [0.15, 0.2) is 5.03 Å². The van der Waals surface area contributed by atoms with Gasteiger partial charge in [-0.05, 0) is 42.1 Å². The summed E-state index contributed by atoms with van der Waals surface area (Å²) in [4.78, 5) is 30.2. The van der Waals surface area contributed by atoms with Gasteiger partial charge in [-0.2, -0.15) is 8.42 Å². The lowest BCUT2D eigenvalue weighted by Crippen LogP contribution is -2.37. The molecule has 0 aliphatic rings. The second kappa shape index (κ2) is 11.9. The number of fused-ring (bicyclic) bond motifs is 2. The van der Waals surface area contributed by atoms with Gasteiger partial charge in [0.1, 0.15) is 12.4 Å². The molecule has 0 saturated carbocycles. The predicted molar refractivity (Wildman–Crippen MR) is 164 cm³/mol. The number of rotatable bonds is 10. The summed E-state index contributed by atoms with van der Waals surface area (Å²) < 4.78 is 36.1. The lowest BCUT2D eigenvalue weighted by atomic mass is 10.1. The average Bonchev–Trinajstić information content (AvgIpc) is 3.34. The Morgan fingerprint density at radius 1 is 1.05 bits per heavy atom. The summed E-state index contributed by atoms with van der Waals surface area (Å²) in [6.07, 6.45) is 3.08. The maximum Gasteiger partial charge on any atom is 0.326 e. The van der Waals surface area contributed by atoms with Gasteiger partial charge in [0.05, 0.1) is 17.9 Å². The van der Waals surface area contributed by atoms with E-state index in [1.165, 1.54) is 6.20 Å². The highest BCUT2D eigenvalue weighted by Gasteiger charge is 2.31. The molecule has 12 heteroatoms. The van der Waals surface area contributed by atoms with Gasteiger partial charge in [0.2, 0.25) is 0 Å². The minimum atomic E-state index is -4.35. The Bertz CT molecular complexity index is 1960. The first-order chi connectivity index (χ1) is 20.6. The molecule has 43 heavy (non-hydrogen) atoms. The summed E-state index contributed by atoms with van der Waals surface area (Å²) in [5.41, 5.74) is 8.11. The van der Waals surface area contributed by atoms with Crippen LogP contribution in [0.4, 0.5) is 5.69 Å². The number of carbonyl (C=O) groups is 2. The van der Waals surface area contributed by atoms with E-state index in [4.69, 9.17) is 15.9 Å². The fourth-order valence-electron chi connectivity index (χ4n) is 4.84. The van der Waals surface area contributed by atoms with Gasteiger partial charge in [-0.3, -0.25) is 19.3 Å². The number of benzene rings is 3. The number of nitrogens with zero attached hydrogens (tertiary/aromatic N) is 3. The third-order valence-corrected chi connectivity index (χ3v) is 8.71. The van der Waals surface area contributed by atoms with E-state index in [0.29, 0.717) is 32.8 Å². The van der Waals surface area contributed by atoms with Crippen LogP contribution >= 0.6 is 0 Å². The maximum absolute atomic E-state index is 14.1. The molecule has 0 aliphatic heterocycles. The number of sulfonamides is 1. The minimum Gasteiger partial charge on any atom is -0.465 e. The van der Waals surface area contributed by atoms with Crippen LogP contribution in [0.1, 0.15) is 28.4 Å². The standard InChI is InChI=1S/C31H30N6O5S/c1-3-42-28(38)19-37(43(40,41)31-24-7-5-4-6-21(24)14-15-34-31)23-12-13-27-25(16-23)26(18-36(27)2)30(39)35-17-20-8-10-22(11-9-20)29(32)33/h4-16,18H,3,17,19H2,1-2H3,(H3,32,33)(H,35,39). The molecule has 4 N–H and O–H groups in total. The van der Waals surface area contributed by atoms with Crippen molar-refractivity contribution in [3.05, 3.63) is 102 Å². The number of nitrogens with one attached hydrogen (secondary N) is 2. The zero-order valence-electron chi connectivity index (χ0n) is 23.6. The summed E-state index contributed by atoms with van der Waals surface area (Å²) in [6.45, 7) is 1.36. The summed E-state index contributed by atoms with van der Waals surface area (Å²) in [5, 5.41) is 11.8. The van der Waals surface area contributed by atoms with Crippen molar-refractivity contribution in [1.29, 1.82) is 5.41 Å². The molecule has 5 rings (SSSR count). The molecule has 0 bridgehead atoms. The molecular weight excluding hydrogens is 568 g/mol. The number of hydrogen-bond donors (Lipinski definition) is 3. The number of anilines is 1. The zero-order valence-corrected chi connectivity index (χ0v) is 24.4. The van der Waals surface area contributed by atoms with Crippen molar-refractivity contribution in [3.63, 3.8) is 0 Å². The molecule has 1 amide bonds. The Kier molecular flexibility index (Phi) is 8.13. The Morgan fingerprint density at radius 2 is 1.79 bits per heavy atom. The van der Waals surface area contributed by atoms with Crippen LogP contribution in [-0.2, 0) is 33.1 Å². The van der Waals surface area contributed by atoms with Crippen molar-refractivity contribution in [2.75, 3.05) is 17.5 Å². The summed E-state index contributed by atoms with van der Waals surface area (Å²) in [5.74, 6) is -1.14. The molecule has 11 nitrogen and oxygen atoms in total. The second-order valence-electron chi connectivity index (χ2n) is 9.80. The Balaban J connectivity index is 1.53. The van der Waals surface area contributed by atoms with Crippen LogP contribution in [0.2, 0.25) is 0 Å². The van der Waals surface area contributed by atoms with Crippen LogP contribution in [-0.4, -0.2) is 48.8 Å². The first-order valence-corrected chi connectivity index (χ1v) is 14.9. The number of ether oxygens (including phenoxy) is 1. The van der Waals surface area contributed by atoms with Gasteiger partial charge in [-0.25, -0.2) is 4.98 Å². The molecule has 0 fully saturated rings. The number of carbonyl (C=O) groups excluding carboxylic acids is 2. The molecule has 0 radical (unpaired) electrons. The van der Waals surface area contributed by atoms with Gasteiger partial charge >= 0.3 is 5.97 Å². The minimum absolute atomic E-state index is 0.0441. The van der Waals surface area contributed by atoms with E-state index in [-0.39, 0.29) is 35.6 Å². The highest BCUT2D eigenvalue weighted by Crippen LogP contribution is 2.31. The lowest BCUT2D eigenvalue weighted by Gasteiger charge is -2.24. The predicted octanol–water partition coefficient (Wildman–Crippen LogP) is 3.70. The number of aromatic nitrogens is 2. The highest BCUT2D eigenvalue weighted by atomic mass is 32.2. The van der Waals surface area contributed by atoms with Crippen molar-refractivity contribution in [1.82, 2.24) is 14.9 Å². The van der Waals surface area contributed by atoms with Gasteiger partial charge in [-0.1, -0.05) is 48.5 Å². The van der Waals surface area contributed by atoms with E-state index in [1.807, 2.05) is 0 Å². The molecule has 0 atom stereocenters. The zero-order chi connectivity index (χ0) is 30.7. The number of esters is 1. The van der Waals surface area contributed by atoms with Gasteiger partial charge in [0, 0.05) is 47.8 Å². The Morgan fingerprint density at radius 3 is 2.51 bits per heavy atom. The lowest BCUT2D eigenvalue weighted by molar-refractivity contribution is -0.141. The third kappa shape index (κ3) is 5.90. The molecule has 0 aliphatic carbocycles. The summed E-state index contributed by atoms with van der Waals surface area (Å²) >= 11 is 0. The van der Waals surface area contributed by atoms with Crippen molar-refractivity contribution in [2.24, 2.45) is 12.8 Å². The van der Waals surface area contributed by atoms with E-state index in [9.17, 15) is 18.0 Å². The van der Waals surface area contributed by atoms with Gasteiger partial charge in [0.25, 0.3) is 15.9 Å². The van der Waals surface area contributed by atoms with Crippen LogP contribution in [0.3, 0.4) is 0 Å². The fourth-order valence-corrected chi connectivity index (χ4v) is 6.37. The number of nitrogen functional groups attached to an aromatic ring is 1. The Labute approximate surface area is 248 Å². The average molecular weight is 599 g/mol. The fraction of sp³-hybridized carbons (Fsp3) is 0.161. The van der Waals surface area contributed by atoms with Crippen LogP contribution in [0.5, 0.6) is 0 Å². The molecule has 0 saturated heterocycles. The molecule has 2 aromatic heterocycles. The van der Waals surface area contributed by atoms with Crippen molar-refractivity contribution in [3.8, 4) is 0 Å². The van der Waals surface area contributed by atoms with E-state index in [2.05, 4.69) is 10.3 Å². The first kappa shape index (κ1) is 29.3. The number of amides is 1. The van der Waals surface area contributed by atoms with Crippen LogP contribution in [0.15, 0.2) is 90.2 Å². The molecule has 3 aromatic carbocycles. The number of nitrogens with two attached hydrogens (primary N) is 1. The third-order valence-electron chi connectivity index (χ3n) is 6.97. The molecule has 2 heterocycles. The topological polar surface area (TPSA) is 160 Å². The number of hydrogen-bond acceptors (Lipinski definition) is 7. The molecule has 220 valence electrons. The summed E-state index contributed by atoms with van der Waals surface area (Å²) in [7, 11) is -2.57. The Hall–Kier alpha value is -5.23. The molecular formula is C31H30N6O5S. The quantitative estimate of drug-likeness (QED) is 0.125. The van der Waals surface area contributed by atoms with E-state index < -0.39 is 22.5 Å². The summed E-state index contributed by atoms with van der Waals surface area (Å²) in [6, 6.07) is 20.5. The van der Waals surface area contributed by atoms with Gasteiger partial charge < -0.3 is 20.4 Å². The second-order valence-corrected chi connectivity index (χ2v) is 11.6. The van der Waals surface area contributed by atoms with E-state index in [0.717, 1.165) is 9.87 Å². The first-order valence-electron chi connectivity index (χ1n) is 13.4. The number of aryl methyl sites for hydroxylation is 1. The number of pyridine rings is 1. The highest BCUT2D eigenvalue weighted by molar-refractivity contribution is 7.93. The van der Waals surface area contributed by atoms with Crippen LogP contribution < -0.4 is 15.4 Å². The normalized spacial score (nSPS) is 11.4. The van der Waals surface area contributed by atoms with Gasteiger partial charge in [-0.15, -0.1) is 0 Å². The van der Waals surface area contributed by atoms with Crippen LogP contribution in [0, 0.1) is 5.41 Å². The monoisotopic (exact) mass is 598 g/mol. The van der Waals surface area contributed by atoms with E-state index in [1.54, 1.807) is 97.5 Å². The molecule has 0 unspecified atom stereocenters.